The van der Waals surface area contributed by atoms with Gasteiger partial charge in [-0.1, -0.05) is 59.0 Å². The van der Waals surface area contributed by atoms with E-state index in [1.165, 1.54) is 23.1 Å². The van der Waals surface area contributed by atoms with E-state index >= 15 is 0 Å². The molecule has 0 radical (unpaired) electrons. The molecule has 3 rings (SSSR count). The van der Waals surface area contributed by atoms with Crippen LogP contribution in [-0.4, -0.2) is 28.9 Å². The van der Waals surface area contributed by atoms with Crippen molar-refractivity contribution in [2.24, 2.45) is 0 Å². The number of aromatic nitrogens is 2. The fraction of sp³-hybridized carbons (Fsp3) is 0.167. The molecule has 0 aliphatic heterocycles. The van der Waals surface area contributed by atoms with E-state index in [0.29, 0.717) is 15.9 Å². The fourth-order valence-corrected chi connectivity index (χ4v) is 4.00. The lowest BCUT2D eigenvalue weighted by Gasteiger charge is -2.16. The molecule has 0 fully saturated rings. The third-order valence-corrected chi connectivity index (χ3v) is 6.03. The van der Waals surface area contributed by atoms with Crippen molar-refractivity contribution in [3.05, 3.63) is 59.1 Å². The van der Waals surface area contributed by atoms with E-state index in [4.69, 9.17) is 11.6 Å². The first-order valence-electron chi connectivity index (χ1n) is 7.84. The minimum atomic E-state index is 0.0104. The lowest BCUT2D eigenvalue weighted by atomic mass is 10.2. The van der Waals surface area contributed by atoms with Crippen LogP contribution in [0, 0.1) is 6.92 Å². The topological polar surface area (TPSA) is 58.1 Å². The minimum Gasteiger partial charge on any atom is -0.330 e. The van der Waals surface area contributed by atoms with Crippen LogP contribution in [0.1, 0.15) is 5.56 Å². The van der Waals surface area contributed by atoms with E-state index < -0.39 is 0 Å². The monoisotopic (exact) mass is 404 g/mol. The number of benzene rings is 2. The van der Waals surface area contributed by atoms with Crippen LogP contribution < -0.4 is 10.2 Å². The number of halogens is 1. The number of thioether (sulfide) groups is 1. The highest BCUT2D eigenvalue weighted by Gasteiger charge is 2.13. The van der Waals surface area contributed by atoms with Crippen molar-refractivity contribution in [1.82, 2.24) is 10.2 Å². The van der Waals surface area contributed by atoms with Crippen LogP contribution in [0.4, 0.5) is 16.5 Å². The molecular formula is C18H17ClN4OS2. The van der Waals surface area contributed by atoms with Crippen molar-refractivity contribution < 1.29 is 4.79 Å². The predicted octanol–water partition coefficient (Wildman–Crippen LogP) is 5.00. The fourth-order valence-electron chi connectivity index (χ4n) is 2.13. The van der Waals surface area contributed by atoms with Gasteiger partial charge in [-0.25, -0.2) is 0 Å². The number of carbonyl (C=O) groups is 1. The number of hydrogen-bond acceptors (Lipinski definition) is 6. The van der Waals surface area contributed by atoms with Gasteiger partial charge in [0.15, 0.2) is 4.34 Å². The van der Waals surface area contributed by atoms with Crippen LogP contribution in [0.2, 0.25) is 5.02 Å². The van der Waals surface area contributed by atoms with Crippen molar-refractivity contribution >= 4 is 57.1 Å². The summed E-state index contributed by atoms with van der Waals surface area (Å²) < 4.78 is 0.737. The Morgan fingerprint density at radius 2 is 2.00 bits per heavy atom. The quantitative estimate of drug-likeness (QED) is 0.586. The summed E-state index contributed by atoms with van der Waals surface area (Å²) in [4.78, 5) is 14.0. The number of amides is 1. The molecule has 0 saturated heterocycles. The number of aryl methyl sites for hydroxylation is 1. The number of hydrogen-bond donors (Lipinski definition) is 1. The van der Waals surface area contributed by atoms with Gasteiger partial charge >= 0.3 is 0 Å². The van der Waals surface area contributed by atoms with E-state index in [1.54, 1.807) is 11.9 Å². The van der Waals surface area contributed by atoms with Crippen LogP contribution in [0.15, 0.2) is 52.9 Å². The van der Waals surface area contributed by atoms with Gasteiger partial charge in [0.2, 0.25) is 11.0 Å². The Morgan fingerprint density at radius 1 is 1.23 bits per heavy atom. The molecule has 8 heteroatoms. The zero-order valence-corrected chi connectivity index (χ0v) is 16.7. The smallest absolute Gasteiger partial charge is 0.237 e. The molecular weight excluding hydrogens is 388 g/mol. The van der Waals surface area contributed by atoms with Crippen LogP contribution in [0.25, 0.3) is 0 Å². The molecule has 134 valence electrons. The highest BCUT2D eigenvalue weighted by Crippen LogP contribution is 2.29. The van der Waals surface area contributed by atoms with E-state index in [0.717, 1.165) is 21.3 Å². The second-order valence-corrected chi connectivity index (χ2v) is 8.15. The van der Waals surface area contributed by atoms with Crippen molar-refractivity contribution in [2.45, 2.75) is 11.3 Å². The zero-order chi connectivity index (χ0) is 18.5. The summed E-state index contributed by atoms with van der Waals surface area (Å²) >= 11 is 8.91. The molecule has 1 heterocycles. The molecule has 0 aliphatic carbocycles. The standard InChI is InChI=1S/C18H17ClN4OS2/c1-12-8-9-13(10-15(12)19)20-17-21-22-18(26-17)25-11-16(24)23(2)14-6-4-3-5-7-14/h3-10H,11H2,1-2H3,(H,20,21). The van der Waals surface area contributed by atoms with Gasteiger partial charge in [-0.2, -0.15) is 0 Å². The van der Waals surface area contributed by atoms with Gasteiger partial charge in [0.05, 0.1) is 5.75 Å². The maximum atomic E-state index is 12.3. The van der Waals surface area contributed by atoms with Crippen LogP contribution >= 0.6 is 34.7 Å². The maximum absolute atomic E-state index is 12.3. The number of nitrogens with one attached hydrogen (secondary N) is 1. The highest BCUT2D eigenvalue weighted by atomic mass is 35.5. The van der Waals surface area contributed by atoms with Gasteiger partial charge in [0.25, 0.3) is 0 Å². The number of carbonyl (C=O) groups excluding carboxylic acids is 1. The molecule has 1 amide bonds. The second kappa shape index (κ2) is 8.53. The molecule has 0 spiro atoms. The van der Waals surface area contributed by atoms with Crippen molar-refractivity contribution in [3.63, 3.8) is 0 Å². The highest BCUT2D eigenvalue weighted by molar-refractivity contribution is 8.01. The number of rotatable bonds is 6. The Hall–Kier alpha value is -2.09. The van der Waals surface area contributed by atoms with Crippen molar-refractivity contribution in [3.8, 4) is 0 Å². The molecule has 0 bridgehead atoms. The second-order valence-electron chi connectivity index (χ2n) is 5.54. The summed E-state index contributed by atoms with van der Waals surface area (Å²) in [5.74, 6) is 0.312. The maximum Gasteiger partial charge on any atom is 0.237 e. The molecule has 3 aromatic rings. The van der Waals surface area contributed by atoms with E-state index in [1.807, 2.05) is 55.5 Å². The van der Waals surface area contributed by atoms with Crippen molar-refractivity contribution in [1.29, 1.82) is 0 Å². The molecule has 0 atom stereocenters. The summed E-state index contributed by atoms with van der Waals surface area (Å²) in [6, 6.07) is 15.3. The average molecular weight is 405 g/mol. The van der Waals surface area contributed by atoms with Gasteiger partial charge in [-0.05, 0) is 36.8 Å². The molecule has 2 aromatic carbocycles. The van der Waals surface area contributed by atoms with Crippen LogP contribution in [-0.2, 0) is 4.79 Å². The Balaban J connectivity index is 1.56. The SMILES string of the molecule is Cc1ccc(Nc2nnc(SCC(=O)N(C)c3ccccc3)s2)cc1Cl. The first-order chi connectivity index (χ1) is 12.5. The first kappa shape index (κ1) is 18.7. The van der Waals surface area contributed by atoms with Crippen LogP contribution in [0.5, 0.6) is 0 Å². The largest absolute Gasteiger partial charge is 0.330 e. The van der Waals surface area contributed by atoms with E-state index in [9.17, 15) is 4.79 Å². The van der Waals surface area contributed by atoms with E-state index in [2.05, 4.69) is 15.5 Å². The zero-order valence-electron chi connectivity index (χ0n) is 14.3. The average Bonchev–Trinajstić information content (AvgIpc) is 3.10. The third kappa shape index (κ3) is 4.75. The number of para-hydroxylation sites is 1. The summed E-state index contributed by atoms with van der Waals surface area (Å²) in [5, 5.41) is 12.8. The predicted molar refractivity (Wildman–Crippen MR) is 110 cm³/mol. The Morgan fingerprint density at radius 3 is 2.73 bits per heavy atom. The molecule has 1 N–H and O–H groups in total. The molecule has 1 aromatic heterocycles. The lowest BCUT2D eigenvalue weighted by molar-refractivity contribution is -0.115. The molecule has 26 heavy (non-hydrogen) atoms. The summed E-state index contributed by atoms with van der Waals surface area (Å²) in [6.45, 7) is 1.95. The lowest BCUT2D eigenvalue weighted by Crippen LogP contribution is -2.27. The Bertz CT molecular complexity index is 901. The molecule has 0 aliphatic rings. The number of nitrogens with zero attached hydrogens (tertiary/aromatic N) is 3. The molecule has 0 unspecified atom stereocenters. The minimum absolute atomic E-state index is 0.0104. The summed E-state index contributed by atoms with van der Waals surface area (Å²) in [6.07, 6.45) is 0. The van der Waals surface area contributed by atoms with Gasteiger partial charge in [-0.15, -0.1) is 10.2 Å². The Kier molecular flexibility index (Phi) is 6.13. The first-order valence-corrected chi connectivity index (χ1v) is 10.0. The van der Waals surface area contributed by atoms with Gasteiger partial charge < -0.3 is 10.2 Å². The van der Waals surface area contributed by atoms with Crippen molar-refractivity contribution in [2.75, 3.05) is 23.0 Å². The number of anilines is 3. The third-order valence-electron chi connectivity index (χ3n) is 3.67. The van der Waals surface area contributed by atoms with E-state index in [-0.39, 0.29) is 5.91 Å². The normalized spacial score (nSPS) is 10.6. The van der Waals surface area contributed by atoms with Gasteiger partial charge in [-0.3, -0.25) is 4.79 Å². The molecule has 5 nitrogen and oxygen atoms in total. The molecule has 0 saturated carbocycles. The Labute approximate surface area is 165 Å². The summed E-state index contributed by atoms with van der Waals surface area (Å²) in [7, 11) is 1.77. The summed E-state index contributed by atoms with van der Waals surface area (Å²) in [5.41, 5.74) is 2.74. The van der Waals surface area contributed by atoms with Gasteiger partial charge in [0, 0.05) is 23.4 Å². The van der Waals surface area contributed by atoms with Crippen LogP contribution in [0.3, 0.4) is 0 Å². The van der Waals surface area contributed by atoms with Gasteiger partial charge in [0.1, 0.15) is 0 Å².